The van der Waals surface area contributed by atoms with Crippen molar-refractivity contribution in [2.45, 2.75) is 13.0 Å². The van der Waals surface area contributed by atoms with Crippen LogP contribution in [0.5, 0.6) is 5.75 Å². The fraction of sp³-hybridized carbons (Fsp3) is 0.0909. The number of rotatable bonds is 7. The predicted molar refractivity (Wildman–Crippen MR) is 134 cm³/mol. The van der Waals surface area contributed by atoms with Crippen LogP contribution in [0.2, 0.25) is 0 Å². The molecular weight excluding hydrogens is 644 g/mol. The van der Waals surface area contributed by atoms with E-state index in [0.29, 0.717) is 12.4 Å². The van der Waals surface area contributed by atoms with Crippen LogP contribution in [-0.4, -0.2) is 12.1 Å². The molecule has 0 fully saturated rings. The van der Waals surface area contributed by atoms with Crippen molar-refractivity contribution in [1.82, 2.24) is 5.43 Å². The van der Waals surface area contributed by atoms with Gasteiger partial charge < -0.3 is 4.74 Å². The zero-order valence-corrected chi connectivity index (χ0v) is 21.9. The molecule has 3 rings (SSSR count). The Bertz CT molecular complexity index is 1030. The SMILES string of the molecule is O=C(Cc1ccc(Br)cc1)N/N=C\c1cc(Br)c(OCc2ccc(Br)cc2)c(Br)c1. The van der Waals surface area contributed by atoms with Crippen LogP contribution in [0.3, 0.4) is 0 Å². The Morgan fingerprint density at radius 3 is 1.97 bits per heavy atom. The highest BCUT2D eigenvalue weighted by Gasteiger charge is 2.09. The normalized spacial score (nSPS) is 10.9. The molecule has 0 aromatic heterocycles. The molecule has 0 saturated heterocycles. The topological polar surface area (TPSA) is 50.7 Å². The molecule has 3 aromatic carbocycles. The van der Waals surface area contributed by atoms with Crippen LogP contribution >= 0.6 is 63.7 Å². The van der Waals surface area contributed by atoms with Gasteiger partial charge in [0.2, 0.25) is 5.91 Å². The Labute approximate surface area is 208 Å². The number of nitrogens with one attached hydrogen (secondary N) is 1. The highest BCUT2D eigenvalue weighted by Crippen LogP contribution is 2.35. The molecule has 0 saturated carbocycles. The maximum Gasteiger partial charge on any atom is 0.244 e. The minimum Gasteiger partial charge on any atom is -0.487 e. The van der Waals surface area contributed by atoms with E-state index < -0.39 is 0 Å². The minimum absolute atomic E-state index is 0.179. The third-order valence-corrected chi connectivity index (χ3v) is 6.23. The number of carbonyl (C=O) groups is 1. The van der Waals surface area contributed by atoms with Gasteiger partial charge >= 0.3 is 0 Å². The Morgan fingerprint density at radius 2 is 1.40 bits per heavy atom. The van der Waals surface area contributed by atoms with Crippen LogP contribution in [0, 0.1) is 0 Å². The first kappa shape index (κ1) is 23.2. The van der Waals surface area contributed by atoms with E-state index in [2.05, 4.69) is 74.2 Å². The van der Waals surface area contributed by atoms with Gasteiger partial charge in [-0.3, -0.25) is 4.79 Å². The van der Waals surface area contributed by atoms with E-state index in [-0.39, 0.29) is 12.3 Å². The van der Waals surface area contributed by atoms with Gasteiger partial charge in [0.15, 0.2) is 0 Å². The summed E-state index contributed by atoms with van der Waals surface area (Å²) >= 11 is 13.9. The van der Waals surface area contributed by atoms with Crippen molar-refractivity contribution in [3.05, 3.63) is 95.2 Å². The van der Waals surface area contributed by atoms with Gasteiger partial charge in [-0.2, -0.15) is 5.10 Å². The molecule has 154 valence electrons. The van der Waals surface area contributed by atoms with Gasteiger partial charge in [-0.05, 0) is 84.9 Å². The molecule has 0 atom stereocenters. The van der Waals surface area contributed by atoms with Crippen molar-refractivity contribution >= 4 is 75.8 Å². The largest absolute Gasteiger partial charge is 0.487 e. The first-order valence-corrected chi connectivity index (χ1v) is 12.0. The Morgan fingerprint density at radius 1 is 0.867 bits per heavy atom. The van der Waals surface area contributed by atoms with Gasteiger partial charge in [-0.25, -0.2) is 5.43 Å². The number of halogens is 4. The number of hydrazone groups is 1. The summed E-state index contributed by atoms with van der Waals surface area (Å²) in [6, 6.07) is 19.3. The van der Waals surface area contributed by atoms with E-state index in [4.69, 9.17) is 4.74 Å². The molecule has 0 aliphatic carbocycles. The average molecular weight is 660 g/mol. The standard InChI is InChI=1S/C22H16Br4N2O2/c23-17-5-1-14(2-6-17)11-21(29)28-27-12-16-9-19(25)22(20(26)10-16)30-13-15-3-7-18(24)8-4-15/h1-10,12H,11,13H2,(H,28,29)/b27-12-. The van der Waals surface area contributed by atoms with Crippen molar-refractivity contribution in [2.75, 3.05) is 0 Å². The lowest BCUT2D eigenvalue weighted by Gasteiger charge is -2.11. The van der Waals surface area contributed by atoms with E-state index in [1.807, 2.05) is 60.7 Å². The molecule has 30 heavy (non-hydrogen) atoms. The number of hydrogen-bond acceptors (Lipinski definition) is 3. The summed E-state index contributed by atoms with van der Waals surface area (Å²) in [6.45, 7) is 0.448. The molecule has 0 radical (unpaired) electrons. The second-order valence-electron chi connectivity index (χ2n) is 6.33. The second kappa shape index (κ2) is 11.2. The maximum absolute atomic E-state index is 12.0. The molecule has 0 aliphatic heterocycles. The number of nitrogens with zero attached hydrogens (tertiary/aromatic N) is 1. The zero-order chi connectivity index (χ0) is 21.5. The first-order valence-electron chi connectivity index (χ1n) is 8.83. The van der Waals surface area contributed by atoms with Crippen LogP contribution in [0.15, 0.2) is 83.7 Å². The third kappa shape index (κ3) is 7.04. The van der Waals surface area contributed by atoms with Gasteiger partial charge in [-0.1, -0.05) is 56.1 Å². The monoisotopic (exact) mass is 656 g/mol. The highest BCUT2D eigenvalue weighted by atomic mass is 79.9. The van der Waals surface area contributed by atoms with E-state index in [0.717, 1.165) is 34.6 Å². The number of carbonyl (C=O) groups excluding carboxylic acids is 1. The third-order valence-electron chi connectivity index (χ3n) is 4.00. The van der Waals surface area contributed by atoms with Crippen LogP contribution in [0.1, 0.15) is 16.7 Å². The zero-order valence-electron chi connectivity index (χ0n) is 15.5. The number of benzene rings is 3. The molecule has 4 nitrogen and oxygen atoms in total. The molecule has 0 unspecified atom stereocenters. The van der Waals surface area contributed by atoms with E-state index in [9.17, 15) is 4.79 Å². The van der Waals surface area contributed by atoms with Gasteiger partial charge in [-0.15, -0.1) is 0 Å². The molecule has 0 aliphatic rings. The quantitative estimate of drug-likeness (QED) is 0.219. The predicted octanol–water partition coefficient (Wildman–Crippen LogP) is 7.01. The lowest BCUT2D eigenvalue weighted by Crippen LogP contribution is -2.19. The molecular formula is C22H16Br4N2O2. The minimum atomic E-state index is -0.179. The Hall–Kier alpha value is -1.48. The summed E-state index contributed by atoms with van der Waals surface area (Å²) in [7, 11) is 0. The summed E-state index contributed by atoms with van der Waals surface area (Å²) in [5.41, 5.74) is 5.35. The molecule has 8 heteroatoms. The van der Waals surface area contributed by atoms with E-state index in [1.165, 1.54) is 0 Å². The summed E-state index contributed by atoms with van der Waals surface area (Å²) < 4.78 is 9.52. The van der Waals surface area contributed by atoms with Crippen LogP contribution in [0.25, 0.3) is 0 Å². The number of ether oxygens (including phenoxy) is 1. The fourth-order valence-corrected chi connectivity index (χ4v) is 4.51. The van der Waals surface area contributed by atoms with Crippen LogP contribution < -0.4 is 10.2 Å². The lowest BCUT2D eigenvalue weighted by molar-refractivity contribution is -0.120. The average Bonchev–Trinajstić information content (AvgIpc) is 2.70. The van der Waals surface area contributed by atoms with Gasteiger partial charge in [0.05, 0.1) is 21.6 Å². The van der Waals surface area contributed by atoms with Crippen molar-refractivity contribution in [3.63, 3.8) is 0 Å². The van der Waals surface area contributed by atoms with E-state index >= 15 is 0 Å². The van der Waals surface area contributed by atoms with Gasteiger partial charge in [0.25, 0.3) is 0 Å². The van der Waals surface area contributed by atoms with Crippen molar-refractivity contribution < 1.29 is 9.53 Å². The van der Waals surface area contributed by atoms with Crippen LogP contribution in [-0.2, 0) is 17.8 Å². The van der Waals surface area contributed by atoms with Crippen LogP contribution in [0.4, 0.5) is 0 Å². The summed E-state index contributed by atoms with van der Waals surface area (Å²) in [5, 5.41) is 4.05. The molecule has 1 amide bonds. The maximum atomic E-state index is 12.0. The molecule has 0 heterocycles. The Balaban J connectivity index is 1.57. The smallest absolute Gasteiger partial charge is 0.244 e. The highest BCUT2D eigenvalue weighted by molar-refractivity contribution is 9.11. The van der Waals surface area contributed by atoms with E-state index in [1.54, 1.807) is 6.21 Å². The number of amides is 1. The number of hydrogen-bond donors (Lipinski definition) is 1. The fourth-order valence-electron chi connectivity index (χ4n) is 2.53. The Kier molecular flexibility index (Phi) is 8.68. The second-order valence-corrected chi connectivity index (χ2v) is 9.87. The molecule has 3 aromatic rings. The van der Waals surface area contributed by atoms with Crippen molar-refractivity contribution in [3.8, 4) is 5.75 Å². The van der Waals surface area contributed by atoms with Gasteiger partial charge in [0.1, 0.15) is 12.4 Å². The van der Waals surface area contributed by atoms with Crippen molar-refractivity contribution in [2.24, 2.45) is 5.10 Å². The summed E-state index contributed by atoms with van der Waals surface area (Å²) in [5.74, 6) is 0.524. The molecule has 0 spiro atoms. The lowest BCUT2D eigenvalue weighted by atomic mass is 10.1. The van der Waals surface area contributed by atoms with Gasteiger partial charge in [0, 0.05) is 8.95 Å². The first-order chi connectivity index (χ1) is 14.4. The van der Waals surface area contributed by atoms with Crippen molar-refractivity contribution in [1.29, 1.82) is 0 Å². The molecule has 1 N–H and O–H groups in total. The summed E-state index contributed by atoms with van der Waals surface area (Å²) in [4.78, 5) is 12.0. The molecule has 0 bridgehead atoms. The summed E-state index contributed by atoms with van der Waals surface area (Å²) in [6.07, 6.45) is 1.86.